The summed E-state index contributed by atoms with van der Waals surface area (Å²) in [6, 6.07) is 6.55. The van der Waals surface area contributed by atoms with Crippen LogP contribution >= 0.6 is 0 Å². The van der Waals surface area contributed by atoms with Gasteiger partial charge in [0.25, 0.3) is 0 Å². The number of benzene rings is 1. The highest BCUT2D eigenvalue weighted by molar-refractivity contribution is 8.00. The summed E-state index contributed by atoms with van der Waals surface area (Å²) in [5, 5.41) is 3.41. The lowest BCUT2D eigenvalue weighted by Gasteiger charge is -2.34. The molecule has 1 aromatic rings. The first-order valence-electron chi connectivity index (χ1n) is 6.55. The summed E-state index contributed by atoms with van der Waals surface area (Å²) in [5.41, 5.74) is 4.25. The van der Waals surface area contributed by atoms with E-state index in [0.29, 0.717) is 0 Å². The maximum absolute atomic E-state index is 11.9. The van der Waals surface area contributed by atoms with Crippen molar-refractivity contribution >= 4 is 21.1 Å². The van der Waals surface area contributed by atoms with Gasteiger partial charge in [-0.05, 0) is 45.6 Å². The number of hydrogen-bond donors (Lipinski definition) is 1. The van der Waals surface area contributed by atoms with Crippen LogP contribution in [0.25, 0.3) is 0 Å². The molecule has 1 saturated heterocycles. The fourth-order valence-electron chi connectivity index (χ4n) is 2.82. The smallest absolute Gasteiger partial charge is 0.0403 e. The molecule has 2 aliphatic heterocycles. The number of fused-ring (bicyclic) bond motifs is 1. The van der Waals surface area contributed by atoms with Crippen LogP contribution in [0.3, 0.4) is 0 Å². The maximum Gasteiger partial charge on any atom is 0.0403 e. The summed E-state index contributed by atoms with van der Waals surface area (Å²) in [6.07, 6.45) is 1.10. The molecule has 0 spiro atoms. The lowest BCUT2D eigenvalue weighted by Crippen LogP contribution is -2.41. The number of hydrogen-bond acceptors (Lipinski definition) is 3. The van der Waals surface area contributed by atoms with Gasteiger partial charge in [-0.2, -0.15) is 0 Å². The Morgan fingerprint density at radius 2 is 2.06 bits per heavy atom. The van der Waals surface area contributed by atoms with E-state index in [1.165, 1.54) is 16.8 Å². The predicted octanol–water partition coefficient (Wildman–Crippen LogP) is 0.869. The standard InChI is InChI=1S/C14H20N2OS/c1-18(17)9-7-16(8-10-18)14-4-2-3-12-11-15-6-5-13(12)14/h2-4,15H,1,5-11H2. The van der Waals surface area contributed by atoms with Crippen LogP contribution in [0, 0.1) is 0 Å². The molecule has 0 amide bonds. The Kier molecular flexibility index (Phi) is 3.08. The average Bonchev–Trinajstić information content (AvgIpc) is 2.38. The van der Waals surface area contributed by atoms with Gasteiger partial charge < -0.3 is 10.2 Å². The van der Waals surface area contributed by atoms with E-state index < -0.39 is 9.52 Å². The van der Waals surface area contributed by atoms with Gasteiger partial charge in [-0.25, -0.2) is 0 Å². The second-order valence-electron chi connectivity index (χ2n) is 5.20. The summed E-state index contributed by atoms with van der Waals surface area (Å²) in [4.78, 5) is 2.39. The zero-order chi connectivity index (χ0) is 12.6. The molecule has 2 heterocycles. The van der Waals surface area contributed by atoms with Crippen LogP contribution in [-0.4, -0.2) is 41.2 Å². The first-order chi connectivity index (χ1) is 8.66. The Morgan fingerprint density at radius 1 is 1.28 bits per heavy atom. The summed E-state index contributed by atoms with van der Waals surface area (Å²) in [6.45, 7) is 3.80. The predicted molar refractivity (Wildman–Crippen MR) is 79.1 cm³/mol. The number of nitrogens with zero attached hydrogens (tertiary/aromatic N) is 1. The van der Waals surface area contributed by atoms with E-state index in [-0.39, 0.29) is 0 Å². The lowest BCUT2D eigenvalue weighted by molar-refractivity contribution is 0.639. The van der Waals surface area contributed by atoms with Crippen molar-refractivity contribution in [2.45, 2.75) is 13.0 Å². The Bertz CT molecular complexity index is 537. The Labute approximate surface area is 109 Å². The minimum absolute atomic E-state index is 0.731. The molecule has 1 N–H and O–H groups in total. The minimum atomic E-state index is -1.80. The molecular weight excluding hydrogens is 244 g/mol. The van der Waals surface area contributed by atoms with Crippen molar-refractivity contribution in [1.29, 1.82) is 0 Å². The number of nitrogens with one attached hydrogen (secondary N) is 1. The topological polar surface area (TPSA) is 32.3 Å². The monoisotopic (exact) mass is 264 g/mol. The van der Waals surface area contributed by atoms with Crippen molar-refractivity contribution < 1.29 is 4.21 Å². The highest BCUT2D eigenvalue weighted by atomic mass is 32.2. The van der Waals surface area contributed by atoms with Gasteiger partial charge in [-0.3, -0.25) is 4.21 Å². The van der Waals surface area contributed by atoms with Crippen molar-refractivity contribution in [2.24, 2.45) is 0 Å². The Balaban J connectivity index is 1.89. The van der Waals surface area contributed by atoms with Crippen LogP contribution in [0.15, 0.2) is 18.2 Å². The van der Waals surface area contributed by atoms with Gasteiger partial charge in [0.1, 0.15) is 0 Å². The van der Waals surface area contributed by atoms with Crippen molar-refractivity contribution in [3.05, 3.63) is 29.3 Å². The molecule has 0 atom stereocenters. The van der Waals surface area contributed by atoms with E-state index in [1.807, 2.05) is 0 Å². The third-order valence-electron chi connectivity index (χ3n) is 3.92. The highest BCUT2D eigenvalue weighted by Gasteiger charge is 2.21. The van der Waals surface area contributed by atoms with Crippen LogP contribution in [-0.2, 0) is 22.5 Å². The van der Waals surface area contributed by atoms with Crippen LogP contribution in [0.5, 0.6) is 0 Å². The summed E-state index contributed by atoms with van der Waals surface area (Å²) < 4.78 is 11.9. The van der Waals surface area contributed by atoms with Gasteiger partial charge in [0.15, 0.2) is 0 Å². The minimum Gasteiger partial charge on any atom is -0.370 e. The third kappa shape index (κ3) is 2.27. The van der Waals surface area contributed by atoms with Crippen LogP contribution in [0.4, 0.5) is 5.69 Å². The molecule has 18 heavy (non-hydrogen) atoms. The van der Waals surface area contributed by atoms with Crippen molar-refractivity contribution in [2.75, 3.05) is 36.0 Å². The largest absolute Gasteiger partial charge is 0.370 e. The van der Waals surface area contributed by atoms with Crippen molar-refractivity contribution in [1.82, 2.24) is 5.32 Å². The molecule has 0 bridgehead atoms. The SMILES string of the molecule is C=S1(=O)CCN(c2cccc3c2CCNC3)CC1. The van der Waals surface area contributed by atoms with Gasteiger partial charge in [-0.15, -0.1) is 0 Å². The zero-order valence-electron chi connectivity index (χ0n) is 10.7. The van der Waals surface area contributed by atoms with E-state index in [1.54, 1.807) is 0 Å². The third-order valence-corrected chi connectivity index (χ3v) is 5.78. The van der Waals surface area contributed by atoms with Crippen molar-refractivity contribution in [3.63, 3.8) is 0 Å². The van der Waals surface area contributed by atoms with Gasteiger partial charge >= 0.3 is 0 Å². The lowest BCUT2D eigenvalue weighted by atomic mass is 9.98. The molecule has 3 nitrogen and oxygen atoms in total. The van der Waals surface area contributed by atoms with Crippen LogP contribution in [0.1, 0.15) is 11.1 Å². The van der Waals surface area contributed by atoms with E-state index in [4.69, 9.17) is 0 Å². The quantitative estimate of drug-likeness (QED) is 0.764. The zero-order valence-corrected chi connectivity index (χ0v) is 11.5. The molecular formula is C14H20N2OS. The molecule has 3 rings (SSSR count). The molecule has 1 fully saturated rings. The highest BCUT2D eigenvalue weighted by Crippen LogP contribution is 2.27. The fourth-order valence-corrected chi connectivity index (χ4v) is 4.13. The fraction of sp³-hybridized carbons (Fsp3) is 0.500. The van der Waals surface area contributed by atoms with Crippen LogP contribution in [0.2, 0.25) is 0 Å². The van der Waals surface area contributed by atoms with E-state index in [0.717, 1.165) is 44.1 Å². The normalized spacial score (nSPS) is 22.6. The molecule has 2 aliphatic rings. The van der Waals surface area contributed by atoms with Gasteiger partial charge in [0.05, 0.1) is 0 Å². The Hall–Kier alpha value is -1.00. The molecule has 0 aliphatic carbocycles. The van der Waals surface area contributed by atoms with Gasteiger partial charge in [0.2, 0.25) is 0 Å². The second kappa shape index (κ2) is 4.59. The summed E-state index contributed by atoms with van der Waals surface area (Å²) >= 11 is 0. The van der Waals surface area contributed by atoms with E-state index >= 15 is 0 Å². The number of rotatable bonds is 1. The molecule has 0 radical (unpaired) electrons. The molecule has 4 heteroatoms. The van der Waals surface area contributed by atoms with Gasteiger partial charge in [-0.1, -0.05) is 12.1 Å². The van der Waals surface area contributed by atoms with E-state index in [2.05, 4.69) is 34.3 Å². The molecule has 0 aromatic heterocycles. The first kappa shape index (κ1) is 12.1. The summed E-state index contributed by atoms with van der Waals surface area (Å²) in [5.74, 6) is 5.30. The first-order valence-corrected chi connectivity index (χ1v) is 8.61. The maximum atomic E-state index is 11.9. The second-order valence-corrected chi connectivity index (χ2v) is 7.95. The number of anilines is 1. The molecule has 98 valence electrons. The summed E-state index contributed by atoms with van der Waals surface area (Å²) in [7, 11) is -1.80. The van der Waals surface area contributed by atoms with Gasteiger partial charge in [0, 0.05) is 36.8 Å². The van der Waals surface area contributed by atoms with E-state index in [9.17, 15) is 4.21 Å². The average molecular weight is 264 g/mol. The molecule has 1 aromatic carbocycles. The molecule has 0 saturated carbocycles. The molecule has 0 unspecified atom stereocenters. The van der Waals surface area contributed by atoms with Crippen LogP contribution < -0.4 is 10.2 Å². The van der Waals surface area contributed by atoms with Crippen molar-refractivity contribution in [3.8, 4) is 0 Å². The Morgan fingerprint density at radius 3 is 2.83 bits per heavy atom.